The lowest BCUT2D eigenvalue weighted by Gasteiger charge is -2.34. The number of hydrogen-bond acceptors (Lipinski definition) is 5. The number of hydrogen-bond donors (Lipinski definition) is 0. The van der Waals surface area contributed by atoms with Crippen molar-refractivity contribution >= 4 is 17.3 Å². The number of rotatable bonds is 4. The maximum atomic E-state index is 13.8. The molecule has 132 valence electrons. The third-order valence-electron chi connectivity index (χ3n) is 4.52. The van der Waals surface area contributed by atoms with Crippen LogP contribution in [0.15, 0.2) is 36.5 Å². The lowest BCUT2D eigenvalue weighted by atomic mass is 10.0. The standard InChI is InChI=1S/C17H18FN3O4/c1-25-17(22)15-6-3-9-20(15)12-7-10-19(11-8-12)14-5-2-4-13(18)16(14)21(23)24/h2-6,9,12H,7-8,10-11H2,1H3. The topological polar surface area (TPSA) is 77.6 Å². The van der Waals surface area contributed by atoms with Gasteiger partial charge in [0, 0.05) is 25.3 Å². The molecule has 0 bridgehead atoms. The first kappa shape index (κ1) is 16.9. The van der Waals surface area contributed by atoms with Crippen LogP contribution in [0.3, 0.4) is 0 Å². The predicted octanol–water partition coefficient (Wildman–Crippen LogP) is 3.16. The van der Waals surface area contributed by atoms with E-state index in [1.165, 1.54) is 13.2 Å². The van der Waals surface area contributed by atoms with Gasteiger partial charge in [0.15, 0.2) is 0 Å². The van der Waals surface area contributed by atoms with Crippen molar-refractivity contribution in [1.29, 1.82) is 0 Å². The SMILES string of the molecule is COC(=O)c1cccn1C1CCN(c2cccc(F)c2[N+](=O)[O-])CC1. The monoisotopic (exact) mass is 347 g/mol. The Morgan fingerprint density at radius 3 is 2.64 bits per heavy atom. The van der Waals surface area contributed by atoms with Gasteiger partial charge in [0.05, 0.1) is 12.0 Å². The van der Waals surface area contributed by atoms with Gasteiger partial charge in [-0.1, -0.05) is 6.07 Å². The Hall–Kier alpha value is -2.90. The molecule has 2 aromatic rings. The quantitative estimate of drug-likeness (QED) is 0.482. The molecule has 1 aromatic carbocycles. The summed E-state index contributed by atoms with van der Waals surface area (Å²) in [6.07, 6.45) is 3.20. The highest BCUT2D eigenvalue weighted by Gasteiger charge is 2.29. The van der Waals surface area contributed by atoms with Crippen LogP contribution in [-0.2, 0) is 4.74 Å². The van der Waals surface area contributed by atoms with Gasteiger partial charge < -0.3 is 14.2 Å². The van der Waals surface area contributed by atoms with Crippen LogP contribution in [0.4, 0.5) is 15.8 Å². The highest BCUT2D eigenvalue weighted by Crippen LogP contribution is 2.34. The lowest BCUT2D eigenvalue weighted by Crippen LogP contribution is -2.35. The van der Waals surface area contributed by atoms with Crippen molar-refractivity contribution in [3.8, 4) is 0 Å². The van der Waals surface area contributed by atoms with Crippen molar-refractivity contribution in [3.63, 3.8) is 0 Å². The van der Waals surface area contributed by atoms with Gasteiger partial charge >= 0.3 is 11.7 Å². The number of aromatic nitrogens is 1. The van der Waals surface area contributed by atoms with Gasteiger partial charge in [-0.25, -0.2) is 4.79 Å². The molecule has 2 heterocycles. The number of nitrogens with zero attached hydrogens (tertiary/aromatic N) is 3. The molecule has 0 aliphatic carbocycles. The number of carbonyl (C=O) groups is 1. The molecule has 3 rings (SSSR count). The number of nitro groups is 1. The summed E-state index contributed by atoms with van der Waals surface area (Å²) in [4.78, 5) is 24.1. The molecule has 1 aliphatic rings. The first-order valence-corrected chi connectivity index (χ1v) is 7.96. The van der Waals surface area contributed by atoms with Gasteiger partial charge in [0.1, 0.15) is 11.4 Å². The van der Waals surface area contributed by atoms with Gasteiger partial charge in [0.25, 0.3) is 0 Å². The van der Waals surface area contributed by atoms with Crippen LogP contribution in [0.1, 0.15) is 29.4 Å². The minimum atomic E-state index is -0.831. The summed E-state index contributed by atoms with van der Waals surface area (Å²) in [5, 5.41) is 11.2. The summed E-state index contributed by atoms with van der Waals surface area (Å²) < 4.78 is 20.5. The Labute approximate surface area is 143 Å². The number of ether oxygens (including phenoxy) is 1. The van der Waals surface area contributed by atoms with E-state index in [2.05, 4.69) is 0 Å². The van der Waals surface area contributed by atoms with E-state index in [0.29, 0.717) is 37.3 Å². The van der Waals surface area contributed by atoms with Crippen molar-refractivity contribution in [2.45, 2.75) is 18.9 Å². The first-order valence-electron chi connectivity index (χ1n) is 7.96. The van der Waals surface area contributed by atoms with Crippen LogP contribution < -0.4 is 4.90 Å². The molecule has 1 aliphatic heterocycles. The summed E-state index contributed by atoms with van der Waals surface area (Å²) in [6.45, 7) is 1.07. The number of piperidine rings is 1. The number of nitro benzene ring substituents is 1. The van der Waals surface area contributed by atoms with Crippen molar-refractivity contribution in [3.05, 3.63) is 58.2 Å². The number of benzene rings is 1. The summed E-state index contributed by atoms with van der Waals surface area (Å²) in [5.74, 6) is -1.23. The molecule has 0 N–H and O–H groups in total. The Bertz CT molecular complexity index is 797. The zero-order valence-electron chi connectivity index (χ0n) is 13.7. The molecule has 25 heavy (non-hydrogen) atoms. The average Bonchev–Trinajstić information content (AvgIpc) is 3.10. The molecule has 7 nitrogen and oxygen atoms in total. The molecule has 0 unspecified atom stereocenters. The van der Waals surface area contributed by atoms with Crippen LogP contribution in [0.5, 0.6) is 0 Å². The fraction of sp³-hybridized carbons (Fsp3) is 0.353. The Balaban J connectivity index is 1.78. The third-order valence-corrected chi connectivity index (χ3v) is 4.52. The largest absolute Gasteiger partial charge is 0.464 e. The molecule has 1 saturated heterocycles. The van der Waals surface area contributed by atoms with Crippen molar-refractivity contribution in [2.24, 2.45) is 0 Å². The van der Waals surface area contributed by atoms with E-state index in [-0.39, 0.29) is 6.04 Å². The second kappa shape index (κ2) is 6.92. The molecule has 0 spiro atoms. The zero-order valence-corrected chi connectivity index (χ0v) is 13.7. The summed E-state index contributed by atoms with van der Waals surface area (Å²) >= 11 is 0. The van der Waals surface area contributed by atoms with E-state index in [1.54, 1.807) is 18.2 Å². The maximum Gasteiger partial charge on any atom is 0.354 e. The summed E-state index contributed by atoms with van der Waals surface area (Å²) in [7, 11) is 1.34. The zero-order chi connectivity index (χ0) is 18.0. The normalized spacial score (nSPS) is 15.2. The van der Waals surface area contributed by atoms with Gasteiger partial charge in [-0.2, -0.15) is 4.39 Å². The van der Waals surface area contributed by atoms with Crippen molar-refractivity contribution in [2.75, 3.05) is 25.1 Å². The van der Waals surface area contributed by atoms with E-state index in [0.717, 1.165) is 6.07 Å². The number of para-hydroxylation sites is 1. The average molecular weight is 347 g/mol. The van der Waals surface area contributed by atoms with Crippen LogP contribution in [0, 0.1) is 15.9 Å². The third kappa shape index (κ3) is 3.19. The maximum absolute atomic E-state index is 13.8. The number of carbonyl (C=O) groups excluding carboxylic acids is 1. The smallest absolute Gasteiger partial charge is 0.354 e. The van der Waals surface area contributed by atoms with Gasteiger partial charge in [-0.15, -0.1) is 0 Å². The van der Waals surface area contributed by atoms with Gasteiger partial charge in [0.2, 0.25) is 5.82 Å². The predicted molar refractivity (Wildman–Crippen MR) is 89.3 cm³/mol. The number of methoxy groups -OCH3 is 1. The molecule has 1 fully saturated rings. The highest BCUT2D eigenvalue weighted by atomic mass is 19.1. The van der Waals surface area contributed by atoms with Crippen LogP contribution >= 0.6 is 0 Å². The molecule has 0 radical (unpaired) electrons. The fourth-order valence-corrected chi connectivity index (χ4v) is 3.31. The van der Waals surface area contributed by atoms with E-state index in [4.69, 9.17) is 4.74 Å². The van der Waals surface area contributed by atoms with E-state index in [1.807, 2.05) is 15.7 Å². The van der Waals surface area contributed by atoms with Gasteiger partial charge in [-0.3, -0.25) is 10.1 Å². The molecule has 0 amide bonds. The number of halogens is 1. The van der Waals surface area contributed by atoms with E-state index < -0.39 is 22.4 Å². The second-order valence-corrected chi connectivity index (χ2v) is 5.88. The Morgan fingerprint density at radius 2 is 2.00 bits per heavy atom. The van der Waals surface area contributed by atoms with E-state index in [9.17, 15) is 19.3 Å². The summed E-state index contributed by atoms with van der Waals surface area (Å²) in [5.41, 5.74) is 0.291. The van der Waals surface area contributed by atoms with Crippen LogP contribution in [0.2, 0.25) is 0 Å². The lowest BCUT2D eigenvalue weighted by molar-refractivity contribution is -0.386. The first-order chi connectivity index (χ1) is 12.0. The Kier molecular flexibility index (Phi) is 4.69. The van der Waals surface area contributed by atoms with E-state index >= 15 is 0 Å². The van der Waals surface area contributed by atoms with Gasteiger partial charge in [-0.05, 0) is 37.1 Å². The van der Waals surface area contributed by atoms with Crippen molar-refractivity contribution in [1.82, 2.24) is 4.57 Å². The molecular formula is C17H18FN3O4. The van der Waals surface area contributed by atoms with Crippen LogP contribution in [0.25, 0.3) is 0 Å². The minimum absolute atomic E-state index is 0.0907. The fourth-order valence-electron chi connectivity index (χ4n) is 3.31. The number of anilines is 1. The molecule has 0 saturated carbocycles. The highest BCUT2D eigenvalue weighted by molar-refractivity contribution is 5.87. The van der Waals surface area contributed by atoms with Crippen molar-refractivity contribution < 1.29 is 18.8 Å². The number of esters is 1. The molecule has 1 aromatic heterocycles. The Morgan fingerprint density at radius 1 is 1.28 bits per heavy atom. The molecular weight excluding hydrogens is 329 g/mol. The second-order valence-electron chi connectivity index (χ2n) is 5.88. The van der Waals surface area contributed by atoms with Crippen LogP contribution in [-0.4, -0.2) is 35.7 Å². The minimum Gasteiger partial charge on any atom is -0.464 e. The summed E-state index contributed by atoms with van der Waals surface area (Å²) in [6, 6.07) is 7.72. The molecule has 0 atom stereocenters. The molecule has 8 heteroatoms.